The molecule has 17 heavy (non-hydrogen) atoms. The van der Waals surface area contributed by atoms with Crippen LogP contribution < -0.4 is 5.56 Å². The van der Waals surface area contributed by atoms with E-state index < -0.39 is 34.8 Å². The average Bonchev–Trinajstić information content (AvgIpc) is 2.28. The highest BCUT2D eigenvalue weighted by molar-refractivity contribution is 5.92. The highest BCUT2D eigenvalue weighted by Crippen LogP contribution is 2.21. The number of pyridine rings is 1. The lowest BCUT2D eigenvalue weighted by atomic mass is 10.1. The molecular formula is C10H8F2N2O3. The number of alkyl halides is 2. The number of carbonyl (C=O) groups is 1. The number of nitriles is 1. The van der Waals surface area contributed by atoms with Crippen molar-refractivity contribution in [2.75, 3.05) is 6.61 Å². The fourth-order valence-electron chi connectivity index (χ4n) is 1.23. The number of carbonyl (C=O) groups excluding carboxylic acids is 1. The molecule has 1 aromatic rings. The maximum Gasteiger partial charge on any atom is 0.339 e. The summed E-state index contributed by atoms with van der Waals surface area (Å²) in [6.45, 7) is 1.53. The number of halogens is 2. The minimum Gasteiger partial charge on any atom is -0.462 e. The van der Waals surface area contributed by atoms with Gasteiger partial charge in [-0.3, -0.25) is 4.79 Å². The van der Waals surface area contributed by atoms with Crippen molar-refractivity contribution in [3.63, 3.8) is 0 Å². The molecule has 0 atom stereocenters. The monoisotopic (exact) mass is 242 g/mol. The molecule has 5 nitrogen and oxygen atoms in total. The zero-order valence-electron chi connectivity index (χ0n) is 8.79. The van der Waals surface area contributed by atoms with E-state index in [9.17, 15) is 18.4 Å². The van der Waals surface area contributed by atoms with E-state index in [4.69, 9.17) is 5.26 Å². The molecule has 0 fully saturated rings. The second-order valence-electron chi connectivity index (χ2n) is 2.97. The van der Waals surface area contributed by atoms with Gasteiger partial charge in [0.2, 0.25) is 5.56 Å². The maximum atomic E-state index is 12.6. The lowest BCUT2D eigenvalue weighted by Gasteiger charge is -2.07. The van der Waals surface area contributed by atoms with Gasteiger partial charge >= 0.3 is 5.97 Å². The molecule has 90 valence electrons. The van der Waals surface area contributed by atoms with Crippen molar-refractivity contribution in [3.05, 3.63) is 33.2 Å². The van der Waals surface area contributed by atoms with Crippen LogP contribution in [0.25, 0.3) is 0 Å². The van der Waals surface area contributed by atoms with Crippen molar-refractivity contribution in [3.8, 4) is 6.07 Å². The number of H-pyrrole nitrogens is 1. The summed E-state index contributed by atoms with van der Waals surface area (Å²) in [6, 6.07) is 2.23. The first-order chi connectivity index (χ1) is 8.01. The average molecular weight is 242 g/mol. The molecule has 0 spiro atoms. The first kappa shape index (κ1) is 12.8. The van der Waals surface area contributed by atoms with E-state index in [2.05, 4.69) is 4.74 Å². The normalized spacial score (nSPS) is 10.1. The van der Waals surface area contributed by atoms with Crippen LogP contribution in [0.5, 0.6) is 0 Å². The van der Waals surface area contributed by atoms with Gasteiger partial charge in [0.1, 0.15) is 11.8 Å². The summed E-state index contributed by atoms with van der Waals surface area (Å²) in [5, 5.41) is 8.74. The smallest absolute Gasteiger partial charge is 0.339 e. The number of nitrogens with zero attached hydrogens (tertiary/aromatic N) is 1. The minimum atomic E-state index is -3.05. The van der Waals surface area contributed by atoms with E-state index in [1.54, 1.807) is 0 Å². The van der Waals surface area contributed by atoms with Gasteiger partial charge in [0, 0.05) is 6.07 Å². The standard InChI is InChI=1S/C10H8F2N2O3/c1-2-17-10(16)5-3-7(15)14-8(9(11)12)6(5)4-13/h3,9H,2H2,1H3,(H,14,15). The topological polar surface area (TPSA) is 83.0 Å². The van der Waals surface area contributed by atoms with Crippen LogP contribution in [0.4, 0.5) is 8.78 Å². The van der Waals surface area contributed by atoms with E-state index in [0.29, 0.717) is 0 Å². The van der Waals surface area contributed by atoms with Gasteiger partial charge in [0.05, 0.1) is 17.7 Å². The third-order valence-corrected chi connectivity index (χ3v) is 1.90. The van der Waals surface area contributed by atoms with Crippen LogP contribution in [0.1, 0.15) is 35.0 Å². The molecule has 0 aliphatic heterocycles. The van der Waals surface area contributed by atoms with Crippen molar-refractivity contribution >= 4 is 5.97 Å². The van der Waals surface area contributed by atoms with Gasteiger partial charge in [-0.25, -0.2) is 13.6 Å². The number of aromatic nitrogens is 1. The first-order valence-corrected chi connectivity index (χ1v) is 4.63. The predicted molar refractivity (Wildman–Crippen MR) is 52.7 cm³/mol. The fraction of sp³-hybridized carbons (Fsp3) is 0.300. The van der Waals surface area contributed by atoms with Crippen LogP contribution in [0, 0.1) is 11.3 Å². The van der Waals surface area contributed by atoms with Crippen LogP contribution in [-0.2, 0) is 4.74 Å². The van der Waals surface area contributed by atoms with Crippen LogP contribution in [0.2, 0.25) is 0 Å². The molecule has 0 aromatic carbocycles. The summed E-state index contributed by atoms with van der Waals surface area (Å²) < 4.78 is 29.7. The number of ether oxygens (including phenoxy) is 1. The zero-order chi connectivity index (χ0) is 13.0. The third kappa shape index (κ3) is 2.66. The highest BCUT2D eigenvalue weighted by Gasteiger charge is 2.22. The molecule has 0 amide bonds. The maximum absolute atomic E-state index is 12.6. The van der Waals surface area contributed by atoms with Crippen LogP contribution in [0.3, 0.4) is 0 Å². The summed E-state index contributed by atoms with van der Waals surface area (Å²) in [5.74, 6) is -0.975. The fourth-order valence-corrected chi connectivity index (χ4v) is 1.23. The van der Waals surface area contributed by atoms with Gasteiger partial charge < -0.3 is 9.72 Å². The zero-order valence-corrected chi connectivity index (χ0v) is 8.79. The Balaban J connectivity index is 3.45. The molecule has 1 aromatic heterocycles. The number of rotatable bonds is 3. The van der Waals surface area contributed by atoms with Gasteiger partial charge in [-0.1, -0.05) is 0 Å². The Labute approximate surface area is 94.6 Å². The minimum absolute atomic E-state index is 0.0144. The van der Waals surface area contributed by atoms with Crippen molar-refractivity contribution < 1.29 is 18.3 Å². The van der Waals surface area contributed by atoms with E-state index in [-0.39, 0.29) is 6.61 Å². The lowest BCUT2D eigenvalue weighted by Crippen LogP contribution is -2.17. The van der Waals surface area contributed by atoms with Crippen molar-refractivity contribution in [2.24, 2.45) is 0 Å². The second kappa shape index (κ2) is 5.21. The molecule has 0 saturated heterocycles. The Morgan fingerprint density at radius 2 is 2.29 bits per heavy atom. The number of hydrogen-bond acceptors (Lipinski definition) is 4. The highest BCUT2D eigenvalue weighted by atomic mass is 19.3. The van der Waals surface area contributed by atoms with Gasteiger partial charge in [-0.05, 0) is 6.92 Å². The molecule has 0 aliphatic rings. The predicted octanol–water partition coefficient (Wildman–Crippen LogP) is 1.36. The summed E-state index contributed by atoms with van der Waals surface area (Å²) in [5.41, 5.74) is -2.78. The van der Waals surface area contributed by atoms with E-state index in [0.717, 1.165) is 6.07 Å². The van der Waals surface area contributed by atoms with E-state index in [1.807, 2.05) is 4.98 Å². The SMILES string of the molecule is CCOC(=O)c1cc(=O)[nH]c(C(F)F)c1C#N. The van der Waals surface area contributed by atoms with Gasteiger partial charge in [-0.15, -0.1) is 0 Å². The molecule has 1 rings (SSSR count). The Morgan fingerprint density at radius 1 is 1.65 bits per heavy atom. The summed E-state index contributed by atoms with van der Waals surface area (Å²) in [4.78, 5) is 24.3. The molecule has 0 saturated carbocycles. The van der Waals surface area contributed by atoms with Crippen molar-refractivity contribution in [2.45, 2.75) is 13.3 Å². The summed E-state index contributed by atoms with van der Waals surface area (Å²) >= 11 is 0. The second-order valence-corrected chi connectivity index (χ2v) is 2.97. The van der Waals surface area contributed by atoms with Gasteiger partial charge in [0.25, 0.3) is 6.43 Å². The Morgan fingerprint density at radius 3 is 2.76 bits per heavy atom. The van der Waals surface area contributed by atoms with Gasteiger partial charge in [-0.2, -0.15) is 5.26 Å². The number of hydrogen-bond donors (Lipinski definition) is 1. The number of nitrogens with one attached hydrogen (secondary N) is 1. The van der Waals surface area contributed by atoms with Crippen molar-refractivity contribution in [1.29, 1.82) is 5.26 Å². The Bertz CT molecular complexity index is 531. The lowest BCUT2D eigenvalue weighted by molar-refractivity contribution is 0.0525. The van der Waals surface area contributed by atoms with E-state index in [1.165, 1.54) is 13.0 Å². The molecule has 1 N–H and O–H groups in total. The molecule has 0 bridgehead atoms. The first-order valence-electron chi connectivity index (χ1n) is 4.63. The van der Waals surface area contributed by atoms with Crippen LogP contribution in [-0.4, -0.2) is 17.6 Å². The summed E-state index contributed by atoms with van der Waals surface area (Å²) in [6.07, 6.45) is -3.05. The molecule has 0 radical (unpaired) electrons. The largest absolute Gasteiger partial charge is 0.462 e. The van der Waals surface area contributed by atoms with E-state index >= 15 is 0 Å². The molecule has 0 aliphatic carbocycles. The van der Waals surface area contributed by atoms with Crippen molar-refractivity contribution in [1.82, 2.24) is 4.98 Å². The number of esters is 1. The third-order valence-electron chi connectivity index (χ3n) is 1.90. The quantitative estimate of drug-likeness (QED) is 0.811. The van der Waals surface area contributed by atoms with Crippen LogP contribution >= 0.6 is 0 Å². The molecule has 7 heteroatoms. The molecular weight excluding hydrogens is 234 g/mol. The Kier molecular flexibility index (Phi) is 3.93. The number of aromatic amines is 1. The van der Waals surface area contributed by atoms with Crippen LogP contribution in [0.15, 0.2) is 10.9 Å². The van der Waals surface area contributed by atoms with Gasteiger partial charge in [0.15, 0.2) is 0 Å². The summed E-state index contributed by atoms with van der Waals surface area (Å²) in [7, 11) is 0. The molecule has 1 heterocycles. The Hall–Kier alpha value is -2.23. The molecule has 0 unspecified atom stereocenters.